The van der Waals surface area contributed by atoms with E-state index < -0.39 is 0 Å². The van der Waals surface area contributed by atoms with Gasteiger partial charge >= 0.3 is 0 Å². The van der Waals surface area contributed by atoms with Crippen LogP contribution in [0.3, 0.4) is 0 Å². The molecule has 19 heavy (non-hydrogen) atoms. The van der Waals surface area contributed by atoms with E-state index in [9.17, 15) is 0 Å². The molecule has 0 aliphatic heterocycles. The van der Waals surface area contributed by atoms with E-state index in [0.717, 1.165) is 48.2 Å². The minimum Gasteiger partial charge on any atom is -0.466 e. The van der Waals surface area contributed by atoms with Crippen molar-refractivity contribution >= 4 is 0 Å². The van der Waals surface area contributed by atoms with Crippen LogP contribution in [0.1, 0.15) is 31.3 Å². The van der Waals surface area contributed by atoms with Crippen LogP contribution in [-0.2, 0) is 6.42 Å². The molecule has 0 fully saturated rings. The molecule has 0 aliphatic rings. The zero-order chi connectivity index (χ0) is 13.8. The van der Waals surface area contributed by atoms with Crippen LogP contribution in [-0.4, -0.2) is 18.1 Å². The van der Waals surface area contributed by atoms with Gasteiger partial charge in [-0.3, -0.25) is 0 Å². The summed E-state index contributed by atoms with van der Waals surface area (Å²) >= 11 is 0. The van der Waals surface area contributed by atoms with E-state index in [-0.39, 0.29) is 0 Å². The van der Waals surface area contributed by atoms with Gasteiger partial charge in [0.05, 0.1) is 11.8 Å². The molecule has 2 aromatic heterocycles. The lowest BCUT2D eigenvalue weighted by Gasteiger charge is -2.05. The number of nitrogens with one attached hydrogen (secondary N) is 1. The van der Waals surface area contributed by atoms with Gasteiger partial charge < -0.3 is 14.2 Å². The molecule has 0 amide bonds. The number of rotatable bonds is 6. The van der Waals surface area contributed by atoms with Crippen LogP contribution < -0.4 is 5.32 Å². The minimum absolute atomic E-state index is 0.664. The van der Waals surface area contributed by atoms with Gasteiger partial charge in [0.1, 0.15) is 11.5 Å². The minimum atomic E-state index is 0.664. The van der Waals surface area contributed by atoms with E-state index in [1.807, 2.05) is 19.9 Å². The van der Waals surface area contributed by atoms with Crippen LogP contribution in [0.5, 0.6) is 0 Å². The quantitative estimate of drug-likeness (QED) is 0.811. The monoisotopic (exact) mass is 262 g/mol. The van der Waals surface area contributed by atoms with Crippen molar-refractivity contribution in [3.05, 3.63) is 29.7 Å². The van der Waals surface area contributed by atoms with Gasteiger partial charge in [-0.1, -0.05) is 13.8 Å². The van der Waals surface area contributed by atoms with Crippen molar-refractivity contribution in [3.63, 3.8) is 0 Å². The second-order valence-corrected chi connectivity index (χ2v) is 5.29. The standard InChI is InChI=1S/C15H22N2O2/c1-10(2)8-16-6-5-15-17-9-14(19-15)13-7-11(3)18-12(13)4/h7,9-10,16H,5-6,8H2,1-4H3. The lowest BCUT2D eigenvalue weighted by molar-refractivity contribution is 0.479. The number of hydrogen-bond acceptors (Lipinski definition) is 4. The van der Waals surface area contributed by atoms with Crippen LogP contribution >= 0.6 is 0 Å². The predicted octanol–water partition coefficient (Wildman–Crippen LogP) is 3.34. The Balaban J connectivity index is 1.94. The molecule has 0 spiro atoms. The Morgan fingerprint density at radius 2 is 2.05 bits per heavy atom. The van der Waals surface area contributed by atoms with Crippen LogP contribution in [0, 0.1) is 19.8 Å². The summed E-state index contributed by atoms with van der Waals surface area (Å²) in [7, 11) is 0. The molecule has 0 aromatic carbocycles. The third-order valence-electron chi connectivity index (χ3n) is 2.93. The van der Waals surface area contributed by atoms with E-state index in [4.69, 9.17) is 8.83 Å². The largest absolute Gasteiger partial charge is 0.466 e. The number of furan rings is 1. The van der Waals surface area contributed by atoms with Crippen LogP contribution in [0.15, 0.2) is 21.1 Å². The smallest absolute Gasteiger partial charge is 0.196 e. The maximum Gasteiger partial charge on any atom is 0.196 e. The number of aromatic nitrogens is 1. The summed E-state index contributed by atoms with van der Waals surface area (Å²) in [5.41, 5.74) is 0.992. The number of oxazole rings is 1. The van der Waals surface area contributed by atoms with Crippen LogP contribution in [0.4, 0.5) is 0 Å². The van der Waals surface area contributed by atoms with Crippen molar-refractivity contribution in [3.8, 4) is 11.3 Å². The number of hydrogen-bond donors (Lipinski definition) is 1. The molecule has 2 rings (SSSR count). The van der Waals surface area contributed by atoms with Crippen molar-refractivity contribution in [2.45, 2.75) is 34.1 Å². The zero-order valence-electron chi connectivity index (χ0n) is 12.1. The molecule has 0 radical (unpaired) electrons. The molecule has 0 saturated heterocycles. The molecule has 4 nitrogen and oxygen atoms in total. The Kier molecular flexibility index (Phi) is 4.43. The Morgan fingerprint density at radius 1 is 1.26 bits per heavy atom. The Labute approximate surface area is 114 Å². The lowest BCUT2D eigenvalue weighted by atomic mass is 10.2. The fourth-order valence-electron chi connectivity index (χ4n) is 2.01. The maximum absolute atomic E-state index is 5.76. The Bertz CT molecular complexity index is 526. The van der Waals surface area contributed by atoms with E-state index in [1.165, 1.54) is 0 Å². The second kappa shape index (κ2) is 6.06. The highest BCUT2D eigenvalue weighted by Crippen LogP contribution is 2.27. The van der Waals surface area contributed by atoms with Crippen molar-refractivity contribution in [2.24, 2.45) is 5.92 Å². The first kappa shape index (κ1) is 13.9. The summed E-state index contributed by atoms with van der Waals surface area (Å²) in [5, 5.41) is 3.38. The van der Waals surface area contributed by atoms with Crippen molar-refractivity contribution < 1.29 is 8.83 Å². The molecule has 4 heteroatoms. The van der Waals surface area contributed by atoms with Crippen molar-refractivity contribution in [1.82, 2.24) is 10.3 Å². The van der Waals surface area contributed by atoms with Gasteiger partial charge in [0.25, 0.3) is 0 Å². The van der Waals surface area contributed by atoms with Crippen molar-refractivity contribution in [1.29, 1.82) is 0 Å². The highest BCUT2D eigenvalue weighted by atomic mass is 16.4. The SMILES string of the molecule is Cc1cc(-c2cnc(CCNCC(C)C)o2)c(C)o1. The third-order valence-corrected chi connectivity index (χ3v) is 2.93. The topological polar surface area (TPSA) is 51.2 Å². The highest BCUT2D eigenvalue weighted by Gasteiger charge is 2.12. The second-order valence-electron chi connectivity index (χ2n) is 5.29. The van der Waals surface area contributed by atoms with Crippen LogP contribution in [0.2, 0.25) is 0 Å². The summed E-state index contributed by atoms with van der Waals surface area (Å²) in [6.07, 6.45) is 2.58. The van der Waals surface area contributed by atoms with Crippen molar-refractivity contribution in [2.75, 3.05) is 13.1 Å². The normalized spacial score (nSPS) is 11.4. The molecule has 0 unspecified atom stereocenters. The molecule has 0 aliphatic carbocycles. The van der Waals surface area contributed by atoms with E-state index in [0.29, 0.717) is 5.92 Å². The van der Waals surface area contributed by atoms with E-state index >= 15 is 0 Å². The van der Waals surface area contributed by atoms with E-state index in [1.54, 1.807) is 6.20 Å². The van der Waals surface area contributed by atoms with Gasteiger partial charge in [-0.15, -0.1) is 0 Å². The summed E-state index contributed by atoms with van der Waals surface area (Å²) < 4.78 is 11.3. The molecule has 1 N–H and O–H groups in total. The van der Waals surface area contributed by atoms with Gasteiger partial charge in [0.15, 0.2) is 11.7 Å². The average molecular weight is 262 g/mol. The zero-order valence-corrected chi connectivity index (χ0v) is 12.1. The van der Waals surface area contributed by atoms with Gasteiger partial charge in [-0.25, -0.2) is 4.98 Å². The summed E-state index contributed by atoms with van der Waals surface area (Å²) in [6, 6.07) is 1.98. The fourth-order valence-corrected chi connectivity index (χ4v) is 2.01. The maximum atomic E-state index is 5.76. The van der Waals surface area contributed by atoms with Gasteiger partial charge in [0.2, 0.25) is 0 Å². The number of aryl methyl sites for hydroxylation is 2. The fraction of sp³-hybridized carbons (Fsp3) is 0.533. The van der Waals surface area contributed by atoms with Crippen LogP contribution in [0.25, 0.3) is 11.3 Å². The highest BCUT2D eigenvalue weighted by molar-refractivity contribution is 5.59. The predicted molar refractivity (Wildman–Crippen MR) is 75.1 cm³/mol. The lowest BCUT2D eigenvalue weighted by Crippen LogP contribution is -2.22. The molecule has 2 heterocycles. The Hall–Kier alpha value is -1.55. The first-order valence-electron chi connectivity index (χ1n) is 6.79. The van der Waals surface area contributed by atoms with Gasteiger partial charge in [-0.2, -0.15) is 0 Å². The molecule has 0 atom stereocenters. The molecule has 0 bridgehead atoms. The number of nitrogens with zero attached hydrogens (tertiary/aromatic N) is 1. The molecule has 2 aromatic rings. The average Bonchev–Trinajstić information content (AvgIpc) is 2.91. The molecular weight excluding hydrogens is 240 g/mol. The van der Waals surface area contributed by atoms with Gasteiger partial charge in [0, 0.05) is 13.0 Å². The summed E-state index contributed by atoms with van der Waals surface area (Å²) in [4.78, 5) is 4.31. The Morgan fingerprint density at radius 3 is 2.68 bits per heavy atom. The summed E-state index contributed by atoms with van der Waals surface area (Å²) in [6.45, 7) is 10.2. The van der Waals surface area contributed by atoms with Gasteiger partial charge in [-0.05, 0) is 32.4 Å². The molecular formula is C15H22N2O2. The molecule has 104 valence electrons. The first-order valence-corrected chi connectivity index (χ1v) is 6.79. The molecule has 0 saturated carbocycles. The van der Waals surface area contributed by atoms with E-state index in [2.05, 4.69) is 24.1 Å². The third kappa shape index (κ3) is 3.70. The first-order chi connectivity index (χ1) is 9.06. The summed E-state index contributed by atoms with van der Waals surface area (Å²) in [5.74, 6) is 3.98.